The number of hydrogen-bond acceptors (Lipinski definition) is 8. The van der Waals surface area contributed by atoms with E-state index in [1.165, 1.54) is 0 Å². The van der Waals surface area contributed by atoms with Gasteiger partial charge in [0.05, 0.1) is 0 Å². The SMILES string of the molecule is O=C(c1ccccc1)c1ccccc1C(=O)c1ccc(-c2ccc(N(c3ccc(Oc4ccccc4)cc3)c3ccc(Oc4ccccc4)cc3)cc2)c(-c2ccc(N(C3=CC=C(Oc4ccccc4)CC3)c3ccc(Oc4ccccc4)cc3)cc2)c1. The van der Waals surface area contributed by atoms with Gasteiger partial charge in [-0.3, -0.25) is 9.59 Å². The number of benzene rings is 12. The predicted octanol–water partition coefficient (Wildman–Crippen LogP) is 21.1. The number of hydrogen-bond donors (Lipinski definition) is 0. The molecule has 1 aliphatic carbocycles. The number of para-hydroxylation sites is 4. The molecule has 0 radical (unpaired) electrons. The van der Waals surface area contributed by atoms with E-state index in [1.807, 2.05) is 194 Å². The fraction of sp³-hybridized carbons (Fsp3) is 0.0250. The molecule has 0 spiro atoms. The first-order chi connectivity index (χ1) is 43.4. The van der Waals surface area contributed by atoms with Crippen LogP contribution in [-0.4, -0.2) is 11.6 Å². The molecule has 8 heteroatoms. The van der Waals surface area contributed by atoms with Crippen molar-refractivity contribution in [3.8, 4) is 62.5 Å². The highest BCUT2D eigenvalue weighted by molar-refractivity contribution is 6.20. The van der Waals surface area contributed by atoms with E-state index in [0.29, 0.717) is 40.2 Å². The summed E-state index contributed by atoms with van der Waals surface area (Å²) in [6.45, 7) is 0. The number of rotatable bonds is 20. The van der Waals surface area contributed by atoms with Gasteiger partial charge in [-0.25, -0.2) is 0 Å². The lowest BCUT2D eigenvalue weighted by molar-refractivity contribution is 0.100. The van der Waals surface area contributed by atoms with Gasteiger partial charge in [0.25, 0.3) is 0 Å². The first-order valence-electron chi connectivity index (χ1n) is 29.2. The Morgan fingerprint density at radius 3 is 1.02 bits per heavy atom. The zero-order valence-electron chi connectivity index (χ0n) is 47.9. The van der Waals surface area contributed by atoms with Crippen molar-refractivity contribution in [1.82, 2.24) is 0 Å². The summed E-state index contributed by atoms with van der Waals surface area (Å²) in [5, 5.41) is 0. The number of anilines is 5. The van der Waals surface area contributed by atoms with E-state index in [0.717, 1.165) is 97.3 Å². The van der Waals surface area contributed by atoms with Crippen LogP contribution in [-0.2, 0) is 0 Å². The van der Waals surface area contributed by atoms with E-state index >= 15 is 0 Å². The Balaban J connectivity index is 0.875. The van der Waals surface area contributed by atoms with Crippen molar-refractivity contribution in [1.29, 1.82) is 0 Å². The van der Waals surface area contributed by atoms with E-state index < -0.39 is 0 Å². The Labute approximate surface area is 512 Å². The van der Waals surface area contributed by atoms with Crippen LogP contribution in [0.15, 0.2) is 339 Å². The van der Waals surface area contributed by atoms with Gasteiger partial charge in [0.1, 0.15) is 46.0 Å². The average Bonchev–Trinajstić information content (AvgIpc) is 3.06. The van der Waals surface area contributed by atoms with Crippen LogP contribution < -0.4 is 28.7 Å². The summed E-state index contributed by atoms with van der Waals surface area (Å²) in [5.74, 6) is 5.64. The topological polar surface area (TPSA) is 77.5 Å². The molecule has 0 unspecified atom stereocenters. The molecule has 12 aromatic carbocycles. The molecule has 0 saturated heterocycles. The molecular weight excluding hydrogens is 1080 g/mol. The summed E-state index contributed by atoms with van der Waals surface area (Å²) >= 11 is 0. The van der Waals surface area contributed by atoms with Crippen molar-refractivity contribution in [2.45, 2.75) is 12.8 Å². The van der Waals surface area contributed by atoms with E-state index in [-0.39, 0.29) is 11.6 Å². The van der Waals surface area contributed by atoms with Gasteiger partial charge in [0.2, 0.25) is 0 Å². The number of carbonyl (C=O) groups excluding carboxylic acids is 2. The lowest BCUT2D eigenvalue weighted by Gasteiger charge is -2.30. The van der Waals surface area contributed by atoms with Crippen molar-refractivity contribution < 1.29 is 28.5 Å². The first-order valence-corrected chi connectivity index (χ1v) is 29.2. The second-order valence-electron chi connectivity index (χ2n) is 21.0. The van der Waals surface area contributed by atoms with Crippen LogP contribution in [0.4, 0.5) is 28.4 Å². The minimum absolute atomic E-state index is 0.217. The molecule has 0 bridgehead atoms. The summed E-state index contributed by atoms with van der Waals surface area (Å²) < 4.78 is 25.0. The van der Waals surface area contributed by atoms with Crippen LogP contribution in [0.3, 0.4) is 0 Å². The minimum atomic E-state index is -0.255. The Hall–Kier alpha value is -11.7. The Morgan fingerprint density at radius 2 is 0.614 bits per heavy atom. The predicted molar refractivity (Wildman–Crippen MR) is 352 cm³/mol. The number of nitrogens with zero attached hydrogens (tertiary/aromatic N) is 2. The van der Waals surface area contributed by atoms with Gasteiger partial charge in [-0.1, -0.05) is 164 Å². The fourth-order valence-electron chi connectivity index (χ4n) is 10.8. The van der Waals surface area contributed by atoms with Crippen LogP contribution >= 0.6 is 0 Å². The Kier molecular flexibility index (Phi) is 16.4. The monoisotopic (exact) mass is 1140 g/mol. The summed E-state index contributed by atoms with van der Waals surface area (Å²) in [4.78, 5) is 33.5. The molecule has 12 aromatic rings. The fourth-order valence-corrected chi connectivity index (χ4v) is 10.8. The molecular formula is C80H58N2O6. The highest BCUT2D eigenvalue weighted by Crippen LogP contribution is 2.42. The Morgan fingerprint density at radius 1 is 0.273 bits per heavy atom. The molecule has 0 amide bonds. The lowest BCUT2D eigenvalue weighted by Crippen LogP contribution is -2.18. The number of ketones is 2. The number of allylic oxidation sites excluding steroid dienone is 4. The van der Waals surface area contributed by atoms with E-state index in [4.69, 9.17) is 18.9 Å². The van der Waals surface area contributed by atoms with Crippen molar-refractivity contribution in [2.75, 3.05) is 9.80 Å². The normalized spacial score (nSPS) is 11.8. The maximum absolute atomic E-state index is 15.0. The molecule has 0 heterocycles. The maximum Gasteiger partial charge on any atom is 0.193 e. The van der Waals surface area contributed by atoms with E-state index in [2.05, 4.69) is 107 Å². The summed E-state index contributed by atoms with van der Waals surface area (Å²) in [7, 11) is 0. The van der Waals surface area contributed by atoms with Crippen LogP contribution in [0, 0.1) is 0 Å². The third-order valence-corrected chi connectivity index (χ3v) is 15.2. The molecule has 424 valence electrons. The zero-order valence-corrected chi connectivity index (χ0v) is 47.9. The first kappa shape index (κ1) is 55.4. The lowest BCUT2D eigenvalue weighted by atomic mass is 9.89. The third-order valence-electron chi connectivity index (χ3n) is 15.2. The van der Waals surface area contributed by atoms with Crippen LogP contribution in [0.2, 0.25) is 0 Å². The molecule has 0 fully saturated rings. The van der Waals surface area contributed by atoms with Crippen molar-refractivity contribution in [3.05, 3.63) is 361 Å². The smallest absolute Gasteiger partial charge is 0.193 e. The quantitative estimate of drug-likeness (QED) is 0.0699. The molecule has 0 aromatic heterocycles. The van der Waals surface area contributed by atoms with Crippen LogP contribution in [0.1, 0.15) is 44.7 Å². The maximum atomic E-state index is 15.0. The summed E-state index contributed by atoms with van der Waals surface area (Å²) in [6.07, 6.45) is 5.62. The van der Waals surface area contributed by atoms with Gasteiger partial charge in [0, 0.05) is 62.8 Å². The van der Waals surface area contributed by atoms with Crippen molar-refractivity contribution in [2.24, 2.45) is 0 Å². The van der Waals surface area contributed by atoms with Gasteiger partial charge in [-0.15, -0.1) is 0 Å². The molecule has 0 saturated carbocycles. The highest BCUT2D eigenvalue weighted by atomic mass is 16.5. The number of carbonyl (C=O) groups is 2. The molecule has 8 nitrogen and oxygen atoms in total. The third kappa shape index (κ3) is 12.8. The van der Waals surface area contributed by atoms with Crippen molar-refractivity contribution >= 4 is 40.0 Å². The van der Waals surface area contributed by atoms with Crippen LogP contribution in [0.25, 0.3) is 22.3 Å². The molecule has 0 N–H and O–H groups in total. The van der Waals surface area contributed by atoms with Crippen molar-refractivity contribution in [3.63, 3.8) is 0 Å². The van der Waals surface area contributed by atoms with Gasteiger partial charge < -0.3 is 28.7 Å². The largest absolute Gasteiger partial charge is 0.462 e. The molecule has 0 atom stereocenters. The Bertz CT molecular complexity index is 4320. The molecule has 0 aliphatic heterocycles. The standard InChI is InChI=1S/C80H58N2O6/c83-79(59-18-6-1-7-19-59)76-28-16-17-29-77(76)80(84)60-34-55-75(57-30-35-61(36-31-57)81(63-39-47-71(48-40-63)85-67-20-8-2-9-21-67)64-41-49-72(50-42-64)86-68-22-10-3-11-23-68)78(56-60)58-32-37-62(38-33-58)82(65-43-51-73(52-44-65)87-69-24-12-4-13-25-69)66-45-53-74(54-46-66)88-70-26-14-5-15-27-70/h1-45,47-53,55-56H,46,54H2. The van der Waals surface area contributed by atoms with Gasteiger partial charge >= 0.3 is 0 Å². The van der Waals surface area contributed by atoms with E-state index in [9.17, 15) is 9.59 Å². The van der Waals surface area contributed by atoms with E-state index in [1.54, 1.807) is 36.4 Å². The summed E-state index contributed by atoms with van der Waals surface area (Å²) in [6, 6.07) is 102. The number of ether oxygens (including phenoxy) is 4. The molecule has 1 aliphatic rings. The highest BCUT2D eigenvalue weighted by Gasteiger charge is 2.24. The minimum Gasteiger partial charge on any atom is -0.462 e. The van der Waals surface area contributed by atoms with Gasteiger partial charge in [0.15, 0.2) is 11.6 Å². The average molecular weight is 1140 g/mol. The summed E-state index contributed by atoms with van der Waals surface area (Å²) in [5.41, 5.74) is 11.0. The van der Waals surface area contributed by atoms with Crippen LogP contribution in [0.5, 0.6) is 40.2 Å². The second-order valence-corrected chi connectivity index (χ2v) is 21.0. The second kappa shape index (κ2) is 26.0. The zero-order chi connectivity index (χ0) is 59.4. The molecule has 88 heavy (non-hydrogen) atoms. The molecule has 13 rings (SSSR count). The van der Waals surface area contributed by atoms with Gasteiger partial charge in [-0.05, 0) is 192 Å². The van der Waals surface area contributed by atoms with Gasteiger partial charge in [-0.2, -0.15) is 0 Å².